The van der Waals surface area contributed by atoms with E-state index >= 15 is 0 Å². The minimum Gasteiger partial charge on any atom is -0.372 e. The topological polar surface area (TPSA) is 57.3 Å². The number of aryl methyl sites for hydroxylation is 2. The van der Waals surface area contributed by atoms with Crippen LogP contribution in [0.4, 0.5) is 16.2 Å². The SMILES string of the molecule is Cc1cnc(CCNC(=O)Nc2cccc(N(C)C(C)C)c2)c(C)c1. The highest BCUT2D eigenvalue weighted by Gasteiger charge is 2.07. The maximum atomic E-state index is 12.1. The number of amides is 2. The van der Waals surface area contributed by atoms with Gasteiger partial charge in [0, 0.05) is 49.3 Å². The van der Waals surface area contributed by atoms with Gasteiger partial charge in [0.05, 0.1) is 0 Å². The van der Waals surface area contributed by atoms with Crippen molar-refractivity contribution >= 4 is 17.4 Å². The van der Waals surface area contributed by atoms with Gasteiger partial charge in [0.25, 0.3) is 0 Å². The summed E-state index contributed by atoms with van der Waals surface area (Å²) in [5, 5.41) is 5.78. The summed E-state index contributed by atoms with van der Waals surface area (Å²) < 4.78 is 0. The van der Waals surface area contributed by atoms with Crippen LogP contribution in [0, 0.1) is 13.8 Å². The Morgan fingerprint density at radius 1 is 1.24 bits per heavy atom. The first kappa shape index (κ1) is 18.8. The van der Waals surface area contributed by atoms with E-state index in [1.54, 1.807) is 0 Å². The fraction of sp³-hybridized carbons (Fsp3) is 0.400. The zero-order chi connectivity index (χ0) is 18.4. The van der Waals surface area contributed by atoms with Gasteiger partial charge in [-0.15, -0.1) is 0 Å². The molecule has 1 aromatic heterocycles. The van der Waals surface area contributed by atoms with Crippen LogP contribution in [0.5, 0.6) is 0 Å². The van der Waals surface area contributed by atoms with Crippen LogP contribution < -0.4 is 15.5 Å². The lowest BCUT2D eigenvalue weighted by Gasteiger charge is -2.24. The lowest BCUT2D eigenvalue weighted by atomic mass is 10.1. The van der Waals surface area contributed by atoms with Gasteiger partial charge in [0.2, 0.25) is 0 Å². The minimum absolute atomic E-state index is 0.200. The molecule has 0 aliphatic carbocycles. The molecule has 0 unspecified atom stereocenters. The van der Waals surface area contributed by atoms with Gasteiger partial charge in [0.1, 0.15) is 0 Å². The quantitative estimate of drug-likeness (QED) is 0.838. The maximum Gasteiger partial charge on any atom is 0.319 e. The first-order valence-corrected chi connectivity index (χ1v) is 8.66. The van der Waals surface area contributed by atoms with Crippen LogP contribution >= 0.6 is 0 Å². The Hall–Kier alpha value is -2.56. The second-order valence-corrected chi connectivity index (χ2v) is 6.66. The molecule has 0 fully saturated rings. The van der Waals surface area contributed by atoms with Crippen molar-refractivity contribution in [2.24, 2.45) is 0 Å². The normalized spacial score (nSPS) is 10.6. The van der Waals surface area contributed by atoms with Crippen LogP contribution in [-0.2, 0) is 6.42 Å². The van der Waals surface area contributed by atoms with E-state index in [2.05, 4.69) is 40.4 Å². The van der Waals surface area contributed by atoms with Crippen LogP contribution in [0.2, 0.25) is 0 Å². The second-order valence-electron chi connectivity index (χ2n) is 6.66. The molecule has 0 spiro atoms. The number of rotatable bonds is 6. The number of hydrogen-bond acceptors (Lipinski definition) is 3. The molecule has 0 aliphatic heterocycles. The van der Waals surface area contributed by atoms with E-state index in [0.29, 0.717) is 12.6 Å². The second kappa shape index (κ2) is 8.51. The molecule has 0 saturated carbocycles. The smallest absolute Gasteiger partial charge is 0.319 e. The number of hydrogen-bond donors (Lipinski definition) is 2. The summed E-state index contributed by atoms with van der Waals surface area (Å²) in [5.74, 6) is 0. The Labute approximate surface area is 150 Å². The molecule has 0 aliphatic rings. The molecule has 5 heteroatoms. The highest BCUT2D eigenvalue weighted by atomic mass is 16.2. The molecule has 2 N–H and O–H groups in total. The van der Waals surface area contributed by atoms with Crippen molar-refractivity contribution in [1.29, 1.82) is 0 Å². The Kier molecular flexibility index (Phi) is 6.39. The molecule has 1 heterocycles. The lowest BCUT2D eigenvalue weighted by molar-refractivity contribution is 0.252. The molecular weight excluding hydrogens is 312 g/mol. The van der Waals surface area contributed by atoms with Crippen molar-refractivity contribution in [3.63, 3.8) is 0 Å². The predicted octanol–water partition coefficient (Wildman–Crippen LogP) is 3.91. The van der Waals surface area contributed by atoms with Crippen LogP contribution in [-0.4, -0.2) is 30.6 Å². The van der Waals surface area contributed by atoms with E-state index in [1.807, 2.05) is 51.4 Å². The van der Waals surface area contributed by atoms with Crippen LogP contribution in [0.15, 0.2) is 36.5 Å². The predicted molar refractivity (Wildman–Crippen MR) is 104 cm³/mol. The molecule has 0 bridgehead atoms. The zero-order valence-electron chi connectivity index (χ0n) is 15.8. The summed E-state index contributed by atoms with van der Waals surface area (Å²) in [6.45, 7) is 8.89. The van der Waals surface area contributed by atoms with Gasteiger partial charge < -0.3 is 15.5 Å². The van der Waals surface area contributed by atoms with E-state index in [9.17, 15) is 4.79 Å². The average Bonchev–Trinajstić information content (AvgIpc) is 2.56. The zero-order valence-corrected chi connectivity index (χ0v) is 15.8. The summed E-state index contributed by atoms with van der Waals surface area (Å²) in [5.41, 5.74) is 5.19. The van der Waals surface area contributed by atoms with E-state index in [4.69, 9.17) is 0 Å². The highest BCUT2D eigenvalue weighted by molar-refractivity contribution is 5.89. The average molecular weight is 340 g/mol. The number of anilines is 2. The number of carbonyl (C=O) groups excluding carboxylic acids is 1. The van der Waals surface area contributed by atoms with Crippen LogP contribution in [0.3, 0.4) is 0 Å². The third-order valence-corrected chi connectivity index (χ3v) is 4.26. The van der Waals surface area contributed by atoms with E-state index in [1.165, 1.54) is 0 Å². The number of urea groups is 1. The van der Waals surface area contributed by atoms with Crippen LogP contribution in [0.25, 0.3) is 0 Å². The number of nitrogens with one attached hydrogen (secondary N) is 2. The van der Waals surface area contributed by atoms with Gasteiger partial charge in [-0.25, -0.2) is 4.79 Å². The Morgan fingerprint density at radius 3 is 2.68 bits per heavy atom. The molecular formula is C20H28N4O. The molecule has 2 rings (SSSR count). The fourth-order valence-corrected chi connectivity index (χ4v) is 2.58. The summed E-state index contributed by atoms with van der Waals surface area (Å²) >= 11 is 0. The largest absolute Gasteiger partial charge is 0.372 e. The van der Waals surface area contributed by atoms with Gasteiger partial charge in [-0.2, -0.15) is 0 Å². The standard InChI is InChI=1S/C20H28N4O/c1-14(2)24(5)18-8-6-7-17(12-18)23-20(25)21-10-9-19-16(4)11-15(3)13-22-19/h6-8,11-14H,9-10H2,1-5H3,(H2,21,23,25). The van der Waals surface area contributed by atoms with Crippen molar-refractivity contribution in [1.82, 2.24) is 10.3 Å². The van der Waals surface area contributed by atoms with Crippen molar-refractivity contribution in [2.75, 3.05) is 23.8 Å². The van der Waals surface area contributed by atoms with Gasteiger partial charge in [-0.05, 0) is 57.0 Å². The molecule has 134 valence electrons. The monoisotopic (exact) mass is 340 g/mol. The molecule has 2 amide bonds. The maximum absolute atomic E-state index is 12.1. The van der Waals surface area contributed by atoms with Crippen molar-refractivity contribution in [2.45, 2.75) is 40.2 Å². The van der Waals surface area contributed by atoms with Crippen molar-refractivity contribution in [3.05, 3.63) is 53.3 Å². The fourth-order valence-electron chi connectivity index (χ4n) is 2.58. The third kappa shape index (κ3) is 5.48. The molecule has 25 heavy (non-hydrogen) atoms. The Balaban J connectivity index is 1.87. The first-order valence-electron chi connectivity index (χ1n) is 8.66. The van der Waals surface area contributed by atoms with Gasteiger partial charge in [0.15, 0.2) is 0 Å². The summed E-state index contributed by atoms with van der Waals surface area (Å²) in [6.07, 6.45) is 2.58. The molecule has 0 radical (unpaired) electrons. The third-order valence-electron chi connectivity index (χ3n) is 4.26. The Morgan fingerprint density at radius 2 is 2.00 bits per heavy atom. The number of carbonyl (C=O) groups is 1. The number of nitrogens with zero attached hydrogens (tertiary/aromatic N) is 2. The number of aromatic nitrogens is 1. The highest BCUT2D eigenvalue weighted by Crippen LogP contribution is 2.20. The molecule has 0 saturated heterocycles. The Bertz CT molecular complexity index is 727. The first-order chi connectivity index (χ1) is 11.9. The van der Waals surface area contributed by atoms with E-state index < -0.39 is 0 Å². The molecule has 5 nitrogen and oxygen atoms in total. The summed E-state index contributed by atoms with van der Waals surface area (Å²) in [6, 6.07) is 10.2. The van der Waals surface area contributed by atoms with Crippen molar-refractivity contribution in [3.8, 4) is 0 Å². The van der Waals surface area contributed by atoms with E-state index in [0.717, 1.165) is 34.6 Å². The van der Waals surface area contributed by atoms with Gasteiger partial charge in [-0.1, -0.05) is 12.1 Å². The lowest BCUT2D eigenvalue weighted by Crippen LogP contribution is -2.31. The number of benzene rings is 1. The minimum atomic E-state index is -0.200. The van der Waals surface area contributed by atoms with Crippen LogP contribution in [0.1, 0.15) is 30.7 Å². The van der Waals surface area contributed by atoms with E-state index in [-0.39, 0.29) is 6.03 Å². The molecule has 2 aromatic rings. The summed E-state index contributed by atoms with van der Waals surface area (Å²) in [7, 11) is 2.04. The summed E-state index contributed by atoms with van der Waals surface area (Å²) in [4.78, 5) is 18.7. The molecule has 0 atom stereocenters. The van der Waals surface area contributed by atoms with Gasteiger partial charge >= 0.3 is 6.03 Å². The van der Waals surface area contributed by atoms with Crippen molar-refractivity contribution < 1.29 is 4.79 Å². The number of pyridine rings is 1. The molecule has 1 aromatic carbocycles. The van der Waals surface area contributed by atoms with Gasteiger partial charge in [-0.3, -0.25) is 4.98 Å².